The van der Waals surface area contributed by atoms with Gasteiger partial charge in [0.15, 0.2) is 0 Å². The van der Waals surface area contributed by atoms with E-state index in [-0.39, 0.29) is 0 Å². The van der Waals surface area contributed by atoms with Gasteiger partial charge in [-0.2, -0.15) is 5.26 Å². The summed E-state index contributed by atoms with van der Waals surface area (Å²) in [5.41, 5.74) is 1.59. The van der Waals surface area contributed by atoms with E-state index < -0.39 is 0 Å². The summed E-state index contributed by atoms with van der Waals surface area (Å²) >= 11 is 0. The number of anilines is 1. The summed E-state index contributed by atoms with van der Waals surface area (Å²) < 4.78 is 0. The molecule has 0 radical (unpaired) electrons. The van der Waals surface area contributed by atoms with E-state index in [1.165, 1.54) is 0 Å². The largest absolute Gasteiger partial charge is 0.369 e. The molecule has 1 atom stereocenters. The van der Waals surface area contributed by atoms with Crippen molar-refractivity contribution in [3.05, 3.63) is 24.0 Å². The molecule has 1 aliphatic rings. The van der Waals surface area contributed by atoms with E-state index in [4.69, 9.17) is 5.26 Å². The molecule has 2 heterocycles. The van der Waals surface area contributed by atoms with E-state index in [0.29, 0.717) is 11.7 Å². The molecule has 0 saturated carbocycles. The van der Waals surface area contributed by atoms with Crippen molar-refractivity contribution in [2.75, 3.05) is 31.6 Å². The van der Waals surface area contributed by atoms with Crippen LogP contribution < -0.4 is 4.90 Å². The highest BCUT2D eigenvalue weighted by Crippen LogP contribution is 2.18. The lowest BCUT2D eigenvalue weighted by atomic mass is 10.2. The van der Waals surface area contributed by atoms with Crippen LogP contribution in [-0.2, 0) is 0 Å². The van der Waals surface area contributed by atoms with Crippen LogP contribution in [0.4, 0.5) is 5.69 Å². The van der Waals surface area contributed by atoms with Crippen LogP contribution in [-0.4, -0.2) is 42.6 Å². The number of hydrogen-bond donors (Lipinski definition) is 0. The van der Waals surface area contributed by atoms with Gasteiger partial charge in [-0.15, -0.1) is 0 Å². The first kappa shape index (κ1) is 10.9. The summed E-state index contributed by atoms with van der Waals surface area (Å²) in [4.78, 5) is 8.65. The highest BCUT2D eigenvalue weighted by molar-refractivity contribution is 5.49. The van der Waals surface area contributed by atoms with Gasteiger partial charge in [0.2, 0.25) is 0 Å². The normalized spacial score (nSPS) is 21.8. The maximum atomic E-state index is 8.82. The number of hydrogen-bond acceptors (Lipinski definition) is 4. The van der Waals surface area contributed by atoms with Gasteiger partial charge < -0.3 is 9.80 Å². The lowest BCUT2D eigenvalue weighted by molar-refractivity contribution is 0.234. The molecule has 84 valence electrons. The molecule has 0 amide bonds. The fraction of sp³-hybridized carbons (Fsp3) is 0.500. The topological polar surface area (TPSA) is 43.2 Å². The minimum absolute atomic E-state index is 0.490. The third-order valence-electron chi connectivity index (χ3n) is 3.18. The molecular weight excluding hydrogens is 200 g/mol. The number of likely N-dealkylation sites (N-methyl/N-ethyl adjacent to an activating group) is 1. The number of piperazine rings is 1. The number of pyridine rings is 1. The van der Waals surface area contributed by atoms with Gasteiger partial charge in [-0.3, -0.25) is 0 Å². The Morgan fingerprint density at radius 3 is 3.00 bits per heavy atom. The van der Waals surface area contributed by atoms with Crippen molar-refractivity contribution in [3.8, 4) is 6.07 Å². The molecule has 0 aromatic carbocycles. The van der Waals surface area contributed by atoms with E-state index in [1.807, 2.05) is 12.1 Å². The first-order valence-electron chi connectivity index (χ1n) is 5.52. The monoisotopic (exact) mass is 216 g/mol. The molecule has 2 rings (SSSR count). The predicted octanol–water partition coefficient (Wildman–Crippen LogP) is 1.09. The van der Waals surface area contributed by atoms with E-state index >= 15 is 0 Å². The molecule has 4 heteroatoms. The number of nitriles is 1. The average molecular weight is 216 g/mol. The van der Waals surface area contributed by atoms with Crippen molar-refractivity contribution in [2.24, 2.45) is 0 Å². The first-order chi connectivity index (χ1) is 7.70. The Bertz CT molecular complexity index is 410. The molecule has 16 heavy (non-hydrogen) atoms. The third-order valence-corrected chi connectivity index (χ3v) is 3.18. The maximum Gasteiger partial charge on any atom is 0.142 e. The van der Waals surface area contributed by atoms with E-state index in [0.717, 1.165) is 25.3 Å². The second-order valence-electron chi connectivity index (χ2n) is 4.29. The average Bonchev–Trinajstić information content (AvgIpc) is 2.33. The molecule has 1 fully saturated rings. The van der Waals surface area contributed by atoms with Gasteiger partial charge in [0.05, 0.1) is 0 Å². The lowest BCUT2D eigenvalue weighted by Crippen LogP contribution is -2.50. The summed E-state index contributed by atoms with van der Waals surface area (Å²) in [6.45, 7) is 5.30. The van der Waals surface area contributed by atoms with Gasteiger partial charge in [-0.25, -0.2) is 4.98 Å². The molecule has 0 spiro atoms. The number of nitrogens with zero attached hydrogens (tertiary/aromatic N) is 4. The van der Waals surface area contributed by atoms with Crippen LogP contribution in [0.3, 0.4) is 0 Å². The summed E-state index contributed by atoms with van der Waals surface area (Å²) in [7, 11) is 2.15. The Balaban J connectivity index is 2.16. The molecule has 1 aromatic heterocycles. The Morgan fingerprint density at radius 2 is 2.31 bits per heavy atom. The van der Waals surface area contributed by atoms with Crippen LogP contribution in [0.2, 0.25) is 0 Å². The van der Waals surface area contributed by atoms with Crippen molar-refractivity contribution in [1.29, 1.82) is 5.26 Å². The highest BCUT2D eigenvalue weighted by atomic mass is 15.3. The van der Waals surface area contributed by atoms with Crippen molar-refractivity contribution < 1.29 is 0 Å². The second-order valence-corrected chi connectivity index (χ2v) is 4.29. The maximum absolute atomic E-state index is 8.82. The second kappa shape index (κ2) is 4.50. The Hall–Kier alpha value is -1.60. The van der Waals surface area contributed by atoms with Crippen LogP contribution in [0.15, 0.2) is 18.3 Å². The van der Waals surface area contributed by atoms with Gasteiger partial charge in [-0.1, -0.05) is 0 Å². The number of rotatable bonds is 1. The van der Waals surface area contributed by atoms with Crippen LogP contribution in [0.1, 0.15) is 12.6 Å². The quantitative estimate of drug-likeness (QED) is 0.705. The molecule has 1 unspecified atom stereocenters. The fourth-order valence-electron chi connectivity index (χ4n) is 1.96. The predicted molar refractivity (Wildman–Crippen MR) is 63.3 cm³/mol. The first-order valence-corrected chi connectivity index (χ1v) is 5.52. The zero-order valence-electron chi connectivity index (χ0n) is 9.72. The lowest BCUT2D eigenvalue weighted by Gasteiger charge is -2.38. The summed E-state index contributed by atoms with van der Waals surface area (Å²) in [6.07, 6.45) is 1.71. The molecular formula is C12H16N4. The van der Waals surface area contributed by atoms with Crippen LogP contribution in [0.25, 0.3) is 0 Å². The van der Waals surface area contributed by atoms with Crippen LogP contribution in [0, 0.1) is 11.3 Å². The molecule has 1 saturated heterocycles. The minimum Gasteiger partial charge on any atom is -0.369 e. The third kappa shape index (κ3) is 2.15. The zero-order valence-corrected chi connectivity index (χ0v) is 9.72. The van der Waals surface area contributed by atoms with Gasteiger partial charge in [0.25, 0.3) is 0 Å². The standard InChI is InChI=1S/C12H16N4/c1-10-9-16(6-5-15(10)2)12-3-4-14-11(7-12)8-13/h3-4,7,10H,5-6,9H2,1-2H3. The van der Waals surface area contributed by atoms with Gasteiger partial charge >= 0.3 is 0 Å². The van der Waals surface area contributed by atoms with Crippen molar-refractivity contribution in [1.82, 2.24) is 9.88 Å². The summed E-state index contributed by atoms with van der Waals surface area (Å²) in [6, 6.07) is 6.46. The summed E-state index contributed by atoms with van der Waals surface area (Å²) in [5.74, 6) is 0. The number of aromatic nitrogens is 1. The highest BCUT2D eigenvalue weighted by Gasteiger charge is 2.20. The van der Waals surface area contributed by atoms with Gasteiger partial charge in [0.1, 0.15) is 11.8 Å². The molecule has 0 bridgehead atoms. The zero-order chi connectivity index (χ0) is 11.5. The van der Waals surface area contributed by atoms with Crippen molar-refractivity contribution >= 4 is 5.69 Å². The van der Waals surface area contributed by atoms with E-state index in [2.05, 4.69) is 34.8 Å². The van der Waals surface area contributed by atoms with E-state index in [1.54, 1.807) is 6.20 Å². The van der Waals surface area contributed by atoms with E-state index in [9.17, 15) is 0 Å². The van der Waals surface area contributed by atoms with Gasteiger partial charge in [0, 0.05) is 37.6 Å². The van der Waals surface area contributed by atoms with Crippen molar-refractivity contribution in [3.63, 3.8) is 0 Å². The Labute approximate surface area is 96.1 Å². The van der Waals surface area contributed by atoms with Gasteiger partial charge in [-0.05, 0) is 26.1 Å². The smallest absolute Gasteiger partial charge is 0.142 e. The van der Waals surface area contributed by atoms with Crippen LogP contribution >= 0.6 is 0 Å². The molecule has 0 aliphatic carbocycles. The Morgan fingerprint density at radius 1 is 1.50 bits per heavy atom. The molecule has 1 aromatic rings. The SMILES string of the molecule is CC1CN(c2ccnc(C#N)c2)CCN1C. The van der Waals surface area contributed by atoms with Crippen LogP contribution in [0.5, 0.6) is 0 Å². The van der Waals surface area contributed by atoms with Crippen molar-refractivity contribution in [2.45, 2.75) is 13.0 Å². The minimum atomic E-state index is 0.490. The Kier molecular flexibility index (Phi) is 3.07. The molecule has 4 nitrogen and oxygen atoms in total. The molecule has 0 N–H and O–H groups in total. The molecule has 1 aliphatic heterocycles. The fourth-order valence-corrected chi connectivity index (χ4v) is 1.96. The summed E-state index contributed by atoms with van der Waals surface area (Å²) in [5, 5.41) is 8.82.